The van der Waals surface area contributed by atoms with Crippen molar-refractivity contribution in [2.45, 2.75) is 33.1 Å². The van der Waals surface area contributed by atoms with E-state index in [1.165, 1.54) is 12.5 Å². The molecule has 3 heteroatoms. The van der Waals surface area contributed by atoms with Crippen LogP contribution < -0.4 is 4.74 Å². The van der Waals surface area contributed by atoms with Crippen molar-refractivity contribution >= 4 is 11.5 Å². The van der Waals surface area contributed by atoms with Gasteiger partial charge in [-0.2, -0.15) is 0 Å². The van der Waals surface area contributed by atoms with Gasteiger partial charge in [-0.25, -0.2) is 4.79 Å². The van der Waals surface area contributed by atoms with Crippen molar-refractivity contribution in [3.63, 3.8) is 0 Å². The quantitative estimate of drug-likeness (QED) is 0.822. The minimum atomic E-state index is -0.867. The minimum absolute atomic E-state index is 0.397. The summed E-state index contributed by atoms with van der Waals surface area (Å²) in [5, 5.41) is 9.02. The van der Waals surface area contributed by atoms with Crippen molar-refractivity contribution < 1.29 is 14.6 Å². The molecule has 1 aromatic carbocycles. The molecule has 0 radical (unpaired) electrons. The Morgan fingerprint density at radius 1 is 1.47 bits per heavy atom. The lowest BCUT2D eigenvalue weighted by Crippen LogP contribution is -2.14. The molecule has 1 fully saturated rings. The molecule has 0 spiro atoms. The van der Waals surface area contributed by atoms with Crippen LogP contribution in [0.2, 0.25) is 0 Å². The number of hydrogen-bond acceptors (Lipinski definition) is 2. The average Bonchev–Trinajstić information content (AvgIpc) is 2.28. The molecule has 0 bridgehead atoms. The zero-order chi connectivity index (χ0) is 13.8. The first-order valence-corrected chi connectivity index (χ1v) is 6.80. The highest BCUT2D eigenvalue weighted by molar-refractivity contribution is 5.90. The number of benzene rings is 1. The van der Waals surface area contributed by atoms with Crippen LogP contribution in [0.5, 0.6) is 5.75 Å². The third kappa shape index (κ3) is 3.16. The second-order valence-electron chi connectivity index (χ2n) is 4.98. The molecule has 0 aromatic heterocycles. The molecule has 0 atom stereocenters. The summed E-state index contributed by atoms with van der Waals surface area (Å²) >= 11 is 0. The van der Waals surface area contributed by atoms with Gasteiger partial charge in [0.15, 0.2) is 0 Å². The van der Waals surface area contributed by atoms with E-state index in [1.54, 1.807) is 0 Å². The van der Waals surface area contributed by atoms with Crippen molar-refractivity contribution in [2.24, 2.45) is 5.92 Å². The van der Waals surface area contributed by atoms with Crippen molar-refractivity contribution in [3.8, 4) is 5.75 Å². The van der Waals surface area contributed by atoms with Crippen LogP contribution in [0.25, 0.3) is 5.57 Å². The molecule has 2 rings (SSSR count). The van der Waals surface area contributed by atoms with Crippen molar-refractivity contribution in [3.05, 3.63) is 35.4 Å². The standard InChI is InChI=1S/C16H20O3/c1-3-19-15-8-7-13(9-11(15)2)14(10-16(17)18)12-5-4-6-12/h7-10,12H,3-6H2,1-2H3,(H,17,18)/b14-10+. The molecule has 0 saturated heterocycles. The number of rotatable bonds is 5. The van der Waals surface area contributed by atoms with Crippen LogP contribution in [0.4, 0.5) is 0 Å². The summed E-state index contributed by atoms with van der Waals surface area (Å²) in [5.74, 6) is 0.399. The topological polar surface area (TPSA) is 46.5 Å². The first-order valence-electron chi connectivity index (χ1n) is 6.80. The number of carbonyl (C=O) groups is 1. The maximum absolute atomic E-state index is 11.0. The van der Waals surface area contributed by atoms with Crippen LogP contribution in [0.1, 0.15) is 37.3 Å². The van der Waals surface area contributed by atoms with E-state index >= 15 is 0 Å². The van der Waals surface area contributed by atoms with Gasteiger partial charge < -0.3 is 9.84 Å². The van der Waals surface area contributed by atoms with Gasteiger partial charge in [0.1, 0.15) is 5.75 Å². The van der Waals surface area contributed by atoms with E-state index in [0.717, 1.165) is 35.3 Å². The van der Waals surface area contributed by atoms with Crippen molar-refractivity contribution in [2.75, 3.05) is 6.61 Å². The summed E-state index contributed by atoms with van der Waals surface area (Å²) in [6.07, 6.45) is 4.73. The lowest BCUT2D eigenvalue weighted by atomic mass is 9.76. The van der Waals surface area contributed by atoms with Gasteiger partial charge in [-0.05, 0) is 61.4 Å². The Morgan fingerprint density at radius 3 is 2.68 bits per heavy atom. The Labute approximate surface area is 113 Å². The van der Waals surface area contributed by atoms with Crippen LogP contribution in [0, 0.1) is 12.8 Å². The number of carboxylic acids is 1. The zero-order valence-electron chi connectivity index (χ0n) is 11.5. The van der Waals surface area contributed by atoms with Crippen LogP contribution in [-0.2, 0) is 4.79 Å². The van der Waals surface area contributed by atoms with E-state index in [2.05, 4.69) is 0 Å². The number of aryl methyl sites for hydroxylation is 1. The summed E-state index contributed by atoms with van der Waals surface area (Å²) in [6.45, 7) is 4.59. The summed E-state index contributed by atoms with van der Waals surface area (Å²) in [6, 6.07) is 5.92. The van der Waals surface area contributed by atoms with Crippen LogP contribution >= 0.6 is 0 Å². The molecule has 1 aliphatic rings. The Morgan fingerprint density at radius 2 is 2.21 bits per heavy atom. The predicted octanol–water partition coefficient (Wildman–Crippen LogP) is 3.66. The van der Waals surface area contributed by atoms with Crippen LogP contribution in [0.15, 0.2) is 24.3 Å². The van der Waals surface area contributed by atoms with E-state index < -0.39 is 5.97 Å². The third-order valence-corrected chi connectivity index (χ3v) is 3.63. The van der Waals surface area contributed by atoms with Crippen molar-refractivity contribution in [1.29, 1.82) is 0 Å². The SMILES string of the molecule is CCOc1ccc(/C(=C/C(=O)O)C2CCC2)cc1C. The summed E-state index contributed by atoms with van der Waals surface area (Å²) in [4.78, 5) is 11.0. The molecule has 1 aromatic rings. The van der Waals surface area contributed by atoms with Gasteiger partial charge in [-0.15, -0.1) is 0 Å². The lowest BCUT2D eigenvalue weighted by molar-refractivity contribution is -0.131. The Kier molecular flexibility index (Phi) is 4.25. The monoisotopic (exact) mass is 260 g/mol. The van der Waals surface area contributed by atoms with Crippen LogP contribution in [0.3, 0.4) is 0 Å². The fraction of sp³-hybridized carbons (Fsp3) is 0.438. The minimum Gasteiger partial charge on any atom is -0.494 e. The molecule has 1 N–H and O–H groups in total. The number of aliphatic carboxylic acids is 1. The largest absolute Gasteiger partial charge is 0.494 e. The molecule has 1 aliphatic carbocycles. The maximum Gasteiger partial charge on any atom is 0.328 e. The fourth-order valence-corrected chi connectivity index (χ4v) is 2.44. The number of carboxylic acid groups (broad SMARTS) is 1. The maximum atomic E-state index is 11.0. The molecule has 3 nitrogen and oxygen atoms in total. The molecule has 0 heterocycles. The van der Waals surface area contributed by atoms with Gasteiger partial charge in [0, 0.05) is 6.08 Å². The summed E-state index contributed by atoms with van der Waals surface area (Å²) < 4.78 is 5.52. The summed E-state index contributed by atoms with van der Waals surface area (Å²) in [7, 11) is 0. The fourth-order valence-electron chi connectivity index (χ4n) is 2.44. The van der Waals surface area contributed by atoms with Gasteiger partial charge in [0.05, 0.1) is 6.61 Å². The van der Waals surface area contributed by atoms with Gasteiger partial charge >= 0.3 is 5.97 Å². The Bertz CT molecular complexity index is 499. The summed E-state index contributed by atoms with van der Waals surface area (Å²) in [5.41, 5.74) is 3.01. The first kappa shape index (κ1) is 13.7. The van der Waals surface area contributed by atoms with Crippen molar-refractivity contribution in [1.82, 2.24) is 0 Å². The van der Waals surface area contributed by atoms with E-state index in [4.69, 9.17) is 9.84 Å². The Hall–Kier alpha value is -1.77. The second kappa shape index (κ2) is 5.91. The molecular formula is C16H20O3. The molecule has 0 amide bonds. The highest BCUT2D eigenvalue weighted by Gasteiger charge is 2.24. The predicted molar refractivity (Wildman–Crippen MR) is 75.3 cm³/mol. The molecule has 1 saturated carbocycles. The van der Waals surface area contributed by atoms with Crippen LogP contribution in [-0.4, -0.2) is 17.7 Å². The van der Waals surface area contributed by atoms with Gasteiger partial charge in [-0.1, -0.05) is 12.5 Å². The highest BCUT2D eigenvalue weighted by Crippen LogP contribution is 2.39. The normalized spacial score (nSPS) is 16.0. The number of allylic oxidation sites excluding steroid dienone is 1. The van der Waals surface area contributed by atoms with E-state index in [-0.39, 0.29) is 0 Å². The first-order chi connectivity index (χ1) is 9.11. The second-order valence-corrected chi connectivity index (χ2v) is 4.98. The smallest absolute Gasteiger partial charge is 0.328 e. The molecule has 19 heavy (non-hydrogen) atoms. The molecule has 0 aliphatic heterocycles. The Balaban J connectivity index is 2.31. The van der Waals surface area contributed by atoms with Gasteiger partial charge in [0.2, 0.25) is 0 Å². The number of ether oxygens (including phenoxy) is 1. The van der Waals surface area contributed by atoms with E-state index in [9.17, 15) is 4.79 Å². The third-order valence-electron chi connectivity index (χ3n) is 3.63. The molecule has 102 valence electrons. The molecular weight excluding hydrogens is 240 g/mol. The number of hydrogen-bond donors (Lipinski definition) is 1. The van der Waals surface area contributed by atoms with Gasteiger partial charge in [-0.3, -0.25) is 0 Å². The molecule has 0 unspecified atom stereocenters. The van der Waals surface area contributed by atoms with Gasteiger partial charge in [0.25, 0.3) is 0 Å². The van der Waals surface area contributed by atoms with E-state index in [1.807, 2.05) is 32.0 Å². The van der Waals surface area contributed by atoms with E-state index in [0.29, 0.717) is 12.5 Å². The average molecular weight is 260 g/mol. The lowest BCUT2D eigenvalue weighted by Gasteiger charge is -2.28. The zero-order valence-corrected chi connectivity index (χ0v) is 11.5. The highest BCUT2D eigenvalue weighted by atomic mass is 16.5.